The molecule has 0 bridgehead atoms. The summed E-state index contributed by atoms with van der Waals surface area (Å²) >= 11 is 0. The van der Waals surface area contributed by atoms with Gasteiger partial charge in [-0.25, -0.2) is 0 Å². The maximum absolute atomic E-state index is 5.18. The Morgan fingerprint density at radius 1 is 1.20 bits per heavy atom. The minimum atomic E-state index is 0.737. The van der Waals surface area contributed by atoms with Crippen molar-refractivity contribution >= 4 is 0 Å². The van der Waals surface area contributed by atoms with Crippen molar-refractivity contribution in [2.75, 3.05) is 0 Å². The van der Waals surface area contributed by atoms with Crippen molar-refractivity contribution < 1.29 is 4.74 Å². The number of epoxide rings is 1. The predicted octanol–water partition coefficient (Wildman–Crippen LogP) is 2.64. The number of rotatable bonds is 1. The van der Waals surface area contributed by atoms with Crippen LogP contribution in [-0.2, 0) is 4.74 Å². The van der Waals surface area contributed by atoms with Crippen LogP contribution in [0.25, 0.3) is 0 Å². The van der Waals surface area contributed by atoms with Crippen LogP contribution in [0.15, 0.2) is 12.3 Å². The molecule has 0 aromatic rings. The average Bonchev–Trinajstić information content (AvgIpc) is 2.69. The third kappa shape index (κ3) is 1.05. The Kier molecular flexibility index (Phi) is 1.44. The number of ether oxygens (including phenoxy) is 1. The first kappa shape index (κ1) is 6.26. The summed E-state index contributed by atoms with van der Waals surface area (Å²) in [4.78, 5) is 0. The van der Waals surface area contributed by atoms with E-state index in [1.54, 1.807) is 0 Å². The molecule has 2 rings (SSSR count). The van der Waals surface area contributed by atoms with Crippen LogP contribution in [-0.4, -0.2) is 0 Å². The molecular formula is C9H13O. The summed E-state index contributed by atoms with van der Waals surface area (Å²) in [6.07, 6.45) is 8.04. The molecule has 1 heteroatoms. The monoisotopic (exact) mass is 137 g/mol. The highest BCUT2D eigenvalue weighted by atomic mass is 16.6. The van der Waals surface area contributed by atoms with Crippen molar-refractivity contribution in [1.29, 1.82) is 0 Å². The van der Waals surface area contributed by atoms with E-state index in [2.05, 4.69) is 6.58 Å². The van der Waals surface area contributed by atoms with Crippen LogP contribution >= 0.6 is 0 Å². The van der Waals surface area contributed by atoms with Gasteiger partial charge in [0.2, 0.25) is 6.10 Å². The van der Waals surface area contributed by atoms with Gasteiger partial charge in [0, 0.05) is 5.92 Å². The smallest absolute Gasteiger partial charge is 0.214 e. The second-order valence-corrected chi connectivity index (χ2v) is 3.22. The van der Waals surface area contributed by atoms with Crippen LogP contribution in [0.4, 0.5) is 0 Å². The lowest BCUT2D eigenvalue weighted by atomic mass is 9.87. The van der Waals surface area contributed by atoms with Crippen LogP contribution in [0.2, 0.25) is 0 Å². The lowest BCUT2D eigenvalue weighted by Gasteiger charge is -2.17. The fourth-order valence-electron chi connectivity index (χ4n) is 1.78. The van der Waals surface area contributed by atoms with E-state index in [9.17, 15) is 0 Å². The van der Waals surface area contributed by atoms with E-state index in [0.29, 0.717) is 0 Å². The van der Waals surface area contributed by atoms with E-state index in [-0.39, 0.29) is 0 Å². The molecule has 0 aromatic carbocycles. The Hall–Kier alpha value is -0.460. The van der Waals surface area contributed by atoms with Crippen molar-refractivity contribution in [1.82, 2.24) is 0 Å². The largest absolute Gasteiger partial charge is 0.475 e. The van der Waals surface area contributed by atoms with Gasteiger partial charge in [0.25, 0.3) is 0 Å². The number of hydrogen-bond donors (Lipinski definition) is 0. The summed E-state index contributed by atoms with van der Waals surface area (Å²) in [5, 5.41) is 0. The first-order valence-corrected chi connectivity index (χ1v) is 4.12. The van der Waals surface area contributed by atoms with Crippen molar-refractivity contribution in [2.24, 2.45) is 5.92 Å². The molecule has 0 spiro atoms. The summed E-state index contributed by atoms with van der Waals surface area (Å²) in [7, 11) is 0. The molecule has 1 saturated carbocycles. The lowest BCUT2D eigenvalue weighted by Crippen LogP contribution is -2.06. The third-order valence-corrected chi connectivity index (χ3v) is 2.44. The Morgan fingerprint density at radius 2 is 1.80 bits per heavy atom. The zero-order valence-corrected chi connectivity index (χ0v) is 6.23. The lowest BCUT2D eigenvalue weighted by molar-refractivity contribution is 0.329. The third-order valence-electron chi connectivity index (χ3n) is 2.44. The van der Waals surface area contributed by atoms with Crippen molar-refractivity contribution in [3.63, 3.8) is 0 Å². The average molecular weight is 137 g/mol. The molecule has 0 atom stereocenters. The molecule has 1 nitrogen and oxygen atoms in total. The molecule has 10 heavy (non-hydrogen) atoms. The van der Waals surface area contributed by atoms with Crippen molar-refractivity contribution in [3.05, 3.63) is 18.4 Å². The topological polar surface area (TPSA) is 12.5 Å². The fraction of sp³-hybridized carbons (Fsp3) is 0.667. The second kappa shape index (κ2) is 2.30. The molecule has 2 fully saturated rings. The normalized spacial score (nSPS) is 28.2. The highest BCUT2D eigenvalue weighted by Crippen LogP contribution is 2.46. The highest BCUT2D eigenvalue weighted by molar-refractivity contribution is 5.26. The first-order chi connectivity index (χ1) is 4.88. The summed E-state index contributed by atoms with van der Waals surface area (Å²) in [5.41, 5.74) is 0. The van der Waals surface area contributed by atoms with Crippen LogP contribution < -0.4 is 0 Å². The SMILES string of the molecule is C=C1O[C]1C1CCCCC1. The van der Waals surface area contributed by atoms with Gasteiger partial charge in [0.1, 0.15) is 5.76 Å². The maximum Gasteiger partial charge on any atom is 0.214 e. The van der Waals surface area contributed by atoms with Gasteiger partial charge in [0.05, 0.1) is 0 Å². The molecule has 1 aliphatic heterocycles. The molecule has 1 saturated heterocycles. The van der Waals surface area contributed by atoms with Gasteiger partial charge < -0.3 is 4.74 Å². The summed E-state index contributed by atoms with van der Waals surface area (Å²) in [6.45, 7) is 3.76. The Labute approximate surface area is 62.1 Å². The van der Waals surface area contributed by atoms with Gasteiger partial charge in [0.15, 0.2) is 0 Å². The molecule has 55 valence electrons. The van der Waals surface area contributed by atoms with Gasteiger partial charge in [-0.15, -0.1) is 0 Å². The molecule has 1 heterocycles. The van der Waals surface area contributed by atoms with E-state index < -0.39 is 0 Å². The van der Waals surface area contributed by atoms with E-state index in [4.69, 9.17) is 4.74 Å². The molecule has 1 aliphatic carbocycles. The van der Waals surface area contributed by atoms with Gasteiger partial charge in [-0.05, 0) is 12.8 Å². The van der Waals surface area contributed by atoms with Crippen LogP contribution in [0, 0.1) is 12.0 Å². The molecule has 1 radical (unpaired) electrons. The molecule has 0 aromatic heterocycles. The zero-order valence-electron chi connectivity index (χ0n) is 6.23. The van der Waals surface area contributed by atoms with Gasteiger partial charge in [-0.3, -0.25) is 0 Å². The van der Waals surface area contributed by atoms with Crippen LogP contribution in [0.1, 0.15) is 32.1 Å². The Bertz CT molecular complexity index is 145. The van der Waals surface area contributed by atoms with E-state index in [1.807, 2.05) is 0 Å². The fourth-order valence-corrected chi connectivity index (χ4v) is 1.78. The Balaban J connectivity index is 1.86. The first-order valence-electron chi connectivity index (χ1n) is 4.12. The number of hydrogen-bond acceptors (Lipinski definition) is 1. The second-order valence-electron chi connectivity index (χ2n) is 3.22. The van der Waals surface area contributed by atoms with Gasteiger partial charge in [-0.1, -0.05) is 25.8 Å². The summed E-state index contributed by atoms with van der Waals surface area (Å²) in [6, 6.07) is 0. The van der Waals surface area contributed by atoms with E-state index in [1.165, 1.54) is 38.2 Å². The summed E-state index contributed by atoms with van der Waals surface area (Å²) < 4.78 is 5.18. The quantitative estimate of drug-likeness (QED) is 0.506. The minimum Gasteiger partial charge on any atom is -0.475 e. The molecule has 0 unspecified atom stereocenters. The minimum absolute atomic E-state index is 0.737. The van der Waals surface area contributed by atoms with Crippen LogP contribution in [0.5, 0.6) is 0 Å². The van der Waals surface area contributed by atoms with E-state index in [0.717, 1.165) is 11.7 Å². The molecule has 0 N–H and O–H groups in total. The predicted molar refractivity (Wildman–Crippen MR) is 40.0 cm³/mol. The van der Waals surface area contributed by atoms with Crippen molar-refractivity contribution in [2.45, 2.75) is 32.1 Å². The maximum atomic E-state index is 5.18. The van der Waals surface area contributed by atoms with Gasteiger partial charge >= 0.3 is 0 Å². The highest BCUT2D eigenvalue weighted by Gasteiger charge is 2.40. The molecule has 0 amide bonds. The standard InChI is InChI=1S/C9H13O/c1-7-9(10-7)8-5-3-2-4-6-8/h8H,1-6H2. The van der Waals surface area contributed by atoms with Crippen molar-refractivity contribution in [3.8, 4) is 0 Å². The van der Waals surface area contributed by atoms with Gasteiger partial charge in [-0.2, -0.15) is 0 Å². The Morgan fingerprint density at radius 3 is 2.30 bits per heavy atom. The molecule has 2 aliphatic rings. The van der Waals surface area contributed by atoms with E-state index >= 15 is 0 Å². The zero-order chi connectivity index (χ0) is 6.97. The van der Waals surface area contributed by atoms with Crippen LogP contribution in [0.3, 0.4) is 0 Å². The summed E-state index contributed by atoms with van der Waals surface area (Å²) in [5.74, 6) is 1.69. The molecular weight excluding hydrogens is 124 g/mol.